The summed E-state index contributed by atoms with van der Waals surface area (Å²) >= 11 is 1.77. The third-order valence-corrected chi connectivity index (χ3v) is 6.29. The lowest BCUT2D eigenvalue weighted by atomic mass is 9.83. The molecule has 2 aromatic rings. The number of carbonyl (C=O) groups excluding carboxylic acids is 2. The first kappa shape index (κ1) is 17.9. The van der Waals surface area contributed by atoms with Gasteiger partial charge in [0.1, 0.15) is 0 Å². The molecule has 5 nitrogen and oxygen atoms in total. The van der Waals surface area contributed by atoms with Crippen LogP contribution in [0.5, 0.6) is 0 Å². The molecule has 2 heterocycles. The fourth-order valence-corrected chi connectivity index (χ4v) is 4.82. The third-order valence-electron chi connectivity index (χ3n) is 5.04. The van der Waals surface area contributed by atoms with Gasteiger partial charge in [-0.05, 0) is 38.0 Å². The van der Waals surface area contributed by atoms with E-state index in [1.54, 1.807) is 16.3 Å². The molecule has 0 radical (unpaired) electrons. The molecule has 0 bridgehead atoms. The van der Waals surface area contributed by atoms with Crippen molar-refractivity contribution in [2.24, 2.45) is 11.0 Å². The van der Waals surface area contributed by atoms with Crippen LogP contribution in [0.1, 0.15) is 40.6 Å². The Labute approximate surface area is 162 Å². The maximum absolute atomic E-state index is 12.6. The van der Waals surface area contributed by atoms with E-state index in [4.69, 9.17) is 9.84 Å². The molecule has 6 heteroatoms. The molecule has 0 saturated carbocycles. The van der Waals surface area contributed by atoms with Crippen LogP contribution in [0.4, 0.5) is 5.69 Å². The molecule has 0 spiro atoms. The number of thiophene rings is 1. The van der Waals surface area contributed by atoms with E-state index in [-0.39, 0.29) is 17.8 Å². The Morgan fingerprint density at radius 1 is 1.33 bits per heavy atom. The van der Waals surface area contributed by atoms with Crippen molar-refractivity contribution >= 4 is 34.6 Å². The molecule has 1 atom stereocenters. The number of aryl methyl sites for hydroxylation is 2. The lowest BCUT2D eigenvalue weighted by molar-refractivity contribution is -0.140. The number of anilines is 1. The predicted octanol–water partition coefficient (Wildman–Crippen LogP) is 3.87. The maximum atomic E-state index is 12.6. The smallest absolute Gasteiger partial charge is 0.302 e. The van der Waals surface area contributed by atoms with Gasteiger partial charge >= 0.3 is 5.97 Å². The summed E-state index contributed by atoms with van der Waals surface area (Å²) in [6.45, 7) is 3.86. The summed E-state index contributed by atoms with van der Waals surface area (Å²) in [5.41, 5.74) is 4.16. The van der Waals surface area contributed by atoms with Crippen LogP contribution in [-0.4, -0.2) is 24.2 Å². The molecule has 1 aliphatic heterocycles. The zero-order chi connectivity index (χ0) is 19.0. The quantitative estimate of drug-likeness (QED) is 0.755. The Kier molecular flexibility index (Phi) is 4.83. The van der Waals surface area contributed by atoms with E-state index in [2.05, 4.69) is 6.07 Å². The lowest BCUT2D eigenvalue weighted by Gasteiger charge is -2.32. The number of hydrazone groups is 1. The number of esters is 1. The molecular weight excluding hydrogens is 360 g/mol. The molecule has 1 unspecified atom stereocenters. The minimum Gasteiger partial charge on any atom is -0.465 e. The van der Waals surface area contributed by atoms with Gasteiger partial charge < -0.3 is 4.74 Å². The number of fused-ring (bicyclic) bond motifs is 3. The van der Waals surface area contributed by atoms with Gasteiger partial charge in [0.25, 0.3) is 0 Å². The van der Waals surface area contributed by atoms with Gasteiger partial charge in [0.05, 0.1) is 18.0 Å². The minimum absolute atomic E-state index is 0.0568. The standard InChI is InChI=1S/C21H22N2O3S/c1-13-3-6-16(7-4-13)23-20(25)11-15-5-8-19-18(21(15)22-23)12-17(27-19)9-10-26-14(2)24/h3-4,6-7,12,15H,5,8-11H2,1-2H3. The van der Waals surface area contributed by atoms with Crippen molar-refractivity contribution in [1.82, 2.24) is 0 Å². The van der Waals surface area contributed by atoms with Crippen molar-refractivity contribution in [3.05, 3.63) is 51.2 Å². The number of nitrogens with zero attached hydrogens (tertiary/aromatic N) is 2. The van der Waals surface area contributed by atoms with Crippen LogP contribution < -0.4 is 5.01 Å². The predicted molar refractivity (Wildman–Crippen MR) is 106 cm³/mol. The van der Waals surface area contributed by atoms with Crippen molar-refractivity contribution in [3.8, 4) is 0 Å². The van der Waals surface area contributed by atoms with E-state index in [0.717, 1.165) is 36.2 Å². The number of hydrogen-bond acceptors (Lipinski definition) is 5. The van der Waals surface area contributed by atoms with E-state index in [1.807, 2.05) is 31.2 Å². The second-order valence-electron chi connectivity index (χ2n) is 7.11. The van der Waals surface area contributed by atoms with Gasteiger partial charge in [-0.3, -0.25) is 9.59 Å². The summed E-state index contributed by atoms with van der Waals surface area (Å²) in [5.74, 6) is 0.00396. The zero-order valence-electron chi connectivity index (χ0n) is 15.5. The number of carbonyl (C=O) groups is 2. The van der Waals surface area contributed by atoms with Gasteiger partial charge in [-0.15, -0.1) is 11.3 Å². The van der Waals surface area contributed by atoms with Gasteiger partial charge in [0, 0.05) is 41.0 Å². The van der Waals surface area contributed by atoms with Crippen LogP contribution in [0.3, 0.4) is 0 Å². The highest BCUT2D eigenvalue weighted by Crippen LogP contribution is 2.37. The van der Waals surface area contributed by atoms with E-state index >= 15 is 0 Å². The molecule has 140 valence electrons. The van der Waals surface area contributed by atoms with Gasteiger partial charge in [-0.1, -0.05) is 17.7 Å². The van der Waals surface area contributed by atoms with Crippen molar-refractivity contribution < 1.29 is 14.3 Å². The van der Waals surface area contributed by atoms with Crippen LogP contribution in [0.25, 0.3) is 0 Å². The fourth-order valence-electron chi connectivity index (χ4n) is 3.65. The van der Waals surface area contributed by atoms with Crippen LogP contribution >= 0.6 is 11.3 Å². The second-order valence-corrected chi connectivity index (χ2v) is 8.33. The van der Waals surface area contributed by atoms with E-state index in [0.29, 0.717) is 13.0 Å². The molecule has 2 aliphatic rings. The summed E-state index contributed by atoms with van der Waals surface area (Å²) in [4.78, 5) is 26.1. The normalized spacial score (nSPS) is 18.6. The first-order valence-corrected chi connectivity index (χ1v) is 10.1. The number of hydrogen-bond donors (Lipinski definition) is 0. The number of benzene rings is 1. The maximum Gasteiger partial charge on any atom is 0.302 e. The van der Waals surface area contributed by atoms with Crippen LogP contribution in [0, 0.1) is 12.8 Å². The minimum atomic E-state index is -0.250. The Morgan fingerprint density at radius 3 is 2.85 bits per heavy atom. The van der Waals surface area contributed by atoms with E-state index in [9.17, 15) is 9.59 Å². The SMILES string of the molecule is CC(=O)OCCc1cc2c(s1)CCC1CC(=O)N(c3ccc(C)cc3)N=C21. The van der Waals surface area contributed by atoms with Gasteiger partial charge in [0.2, 0.25) is 5.91 Å². The molecule has 1 amide bonds. The van der Waals surface area contributed by atoms with Crippen LogP contribution in [0.2, 0.25) is 0 Å². The van der Waals surface area contributed by atoms with Gasteiger partial charge in [-0.2, -0.15) is 5.10 Å². The highest BCUT2D eigenvalue weighted by Gasteiger charge is 2.35. The summed E-state index contributed by atoms with van der Waals surface area (Å²) in [6.07, 6.45) is 3.17. The lowest BCUT2D eigenvalue weighted by Crippen LogP contribution is -2.39. The van der Waals surface area contributed by atoms with Gasteiger partial charge in [0.15, 0.2) is 0 Å². The molecule has 0 saturated heterocycles. The Hall–Kier alpha value is -2.47. The highest BCUT2D eigenvalue weighted by atomic mass is 32.1. The summed E-state index contributed by atoms with van der Waals surface area (Å²) in [6, 6.07) is 10.1. The average Bonchev–Trinajstić information content (AvgIpc) is 3.05. The Morgan fingerprint density at radius 2 is 2.11 bits per heavy atom. The molecule has 27 heavy (non-hydrogen) atoms. The molecule has 1 aromatic heterocycles. The molecule has 1 aromatic carbocycles. The largest absolute Gasteiger partial charge is 0.465 e. The van der Waals surface area contributed by atoms with Crippen LogP contribution in [0.15, 0.2) is 35.4 Å². The average molecular weight is 382 g/mol. The molecule has 4 rings (SSSR count). The zero-order valence-corrected chi connectivity index (χ0v) is 16.3. The Balaban J connectivity index is 1.63. The molecule has 1 aliphatic carbocycles. The topological polar surface area (TPSA) is 59.0 Å². The first-order valence-electron chi connectivity index (χ1n) is 9.24. The fraction of sp³-hybridized carbons (Fsp3) is 0.381. The van der Waals surface area contributed by atoms with E-state index in [1.165, 1.54) is 22.2 Å². The number of ether oxygens (including phenoxy) is 1. The summed E-state index contributed by atoms with van der Waals surface area (Å²) in [5, 5.41) is 6.32. The highest BCUT2D eigenvalue weighted by molar-refractivity contribution is 7.12. The van der Waals surface area contributed by atoms with Gasteiger partial charge in [-0.25, -0.2) is 5.01 Å². The first-order chi connectivity index (χ1) is 13.0. The van der Waals surface area contributed by atoms with Crippen LogP contribution in [-0.2, 0) is 27.2 Å². The monoisotopic (exact) mass is 382 g/mol. The van der Waals surface area contributed by atoms with Crippen molar-refractivity contribution in [3.63, 3.8) is 0 Å². The third kappa shape index (κ3) is 3.67. The number of amides is 1. The molecular formula is C21H22N2O3S. The Bertz CT molecular complexity index is 914. The summed E-state index contributed by atoms with van der Waals surface area (Å²) in [7, 11) is 0. The second kappa shape index (κ2) is 7.27. The van der Waals surface area contributed by atoms with Crippen molar-refractivity contribution in [2.45, 2.75) is 39.5 Å². The molecule has 0 fully saturated rings. The number of rotatable bonds is 4. The van der Waals surface area contributed by atoms with Crippen molar-refractivity contribution in [2.75, 3.05) is 11.6 Å². The van der Waals surface area contributed by atoms with E-state index < -0.39 is 0 Å². The molecule has 0 N–H and O–H groups in total. The van der Waals surface area contributed by atoms with Crippen molar-refractivity contribution in [1.29, 1.82) is 0 Å². The summed E-state index contributed by atoms with van der Waals surface area (Å²) < 4.78 is 5.07.